The molecule has 2 N–H and O–H groups in total. The first-order valence-electron chi connectivity index (χ1n) is 4.97. The maximum atomic E-state index is 5.78. The van der Waals surface area contributed by atoms with Gasteiger partial charge >= 0.3 is 0 Å². The molecule has 1 heterocycles. The monoisotopic (exact) mass is 227 g/mol. The van der Waals surface area contributed by atoms with Crippen LogP contribution in [0.3, 0.4) is 0 Å². The summed E-state index contributed by atoms with van der Waals surface area (Å²) >= 11 is 5.78. The second kappa shape index (κ2) is 4.81. The first-order valence-corrected chi connectivity index (χ1v) is 5.35. The molecule has 1 aromatic heterocycles. The minimum atomic E-state index is 0.0933. The number of nitrogens with zero attached hydrogens (tertiary/aromatic N) is 2. The number of rotatable bonds is 4. The van der Waals surface area contributed by atoms with Gasteiger partial charge in [-0.2, -0.15) is 0 Å². The maximum Gasteiger partial charge on any atom is 0.128 e. The van der Waals surface area contributed by atoms with E-state index in [-0.39, 0.29) is 5.41 Å². The van der Waals surface area contributed by atoms with Gasteiger partial charge in [-0.1, -0.05) is 25.4 Å². The topological polar surface area (TPSA) is 42.1 Å². The zero-order chi connectivity index (χ0) is 11.5. The van der Waals surface area contributed by atoms with Crippen molar-refractivity contribution in [2.24, 2.45) is 11.1 Å². The van der Waals surface area contributed by atoms with Crippen LogP contribution in [0.2, 0.25) is 5.02 Å². The van der Waals surface area contributed by atoms with Gasteiger partial charge in [-0.05, 0) is 24.1 Å². The van der Waals surface area contributed by atoms with Crippen LogP contribution < -0.4 is 10.6 Å². The number of pyridine rings is 1. The van der Waals surface area contributed by atoms with Gasteiger partial charge in [-0.15, -0.1) is 0 Å². The van der Waals surface area contributed by atoms with Gasteiger partial charge in [0.15, 0.2) is 0 Å². The largest absolute Gasteiger partial charge is 0.359 e. The van der Waals surface area contributed by atoms with Gasteiger partial charge in [0.2, 0.25) is 0 Å². The first-order chi connectivity index (χ1) is 6.94. The molecule has 0 bridgehead atoms. The van der Waals surface area contributed by atoms with Crippen molar-refractivity contribution in [1.29, 1.82) is 0 Å². The summed E-state index contributed by atoms with van der Waals surface area (Å²) in [7, 11) is 2.01. The normalized spacial score (nSPS) is 11.5. The lowest BCUT2D eigenvalue weighted by atomic mass is 9.93. The van der Waals surface area contributed by atoms with Crippen molar-refractivity contribution in [2.75, 3.05) is 25.0 Å². The standard InChI is InChI=1S/C11H18ClN3/c1-11(2,7-13)8-15(3)10-5-4-9(12)6-14-10/h4-6H,7-8,13H2,1-3H3. The summed E-state index contributed by atoms with van der Waals surface area (Å²) in [5.41, 5.74) is 5.78. The van der Waals surface area contributed by atoms with Crippen LogP contribution in [0.25, 0.3) is 0 Å². The maximum absolute atomic E-state index is 5.78. The van der Waals surface area contributed by atoms with E-state index in [1.807, 2.05) is 19.2 Å². The summed E-state index contributed by atoms with van der Waals surface area (Å²) in [4.78, 5) is 6.34. The number of halogens is 1. The van der Waals surface area contributed by atoms with Crippen molar-refractivity contribution in [3.05, 3.63) is 23.4 Å². The zero-order valence-electron chi connectivity index (χ0n) is 9.50. The second-order valence-electron chi connectivity index (χ2n) is 4.56. The molecule has 3 nitrogen and oxygen atoms in total. The van der Waals surface area contributed by atoms with Crippen LogP contribution >= 0.6 is 11.6 Å². The molecule has 0 aliphatic heterocycles. The summed E-state index contributed by atoms with van der Waals surface area (Å²) in [6.07, 6.45) is 1.66. The quantitative estimate of drug-likeness (QED) is 0.857. The van der Waals surface area contributed by atoms with E-state index in [9.17, 15) is 0 Å². The Labute approximate surface area is 96.2 Å². The van der Waals surface area contributed by atoms with Gasteiger partial charge in [0.05, 0.1) is 5.02 Å². The van der Waals surface area contributed by atoms with Crippen LogP contribution in [0.15, 0.2) is 18.3 Å². The van der Waals surface area contributed by atoms with Crippen molar-refractivity contribution < 1.29 is 0 Å². The highest BCUT2D eigenvalue weighted by Crippen LogP contribution is 2.19. The lowest BCUT2D eigenvalue weighted by Crippen LogP contribution is -2.37. The van der Waals surface area contributed by atoms with Crippen molar-refractivity contribution in [3.63, 3.8) is 0 Å². The van der Waals surface area contributed by atoms with Crippen molar-refractivity contribution in [1.82, 2.24) is 4.98 Å². The molecule has 1 rings (SSSR count). The number of nitrogens with two attached hydrogens (primary N) is 1. The molecule has 0 aromatic carbocycles. The molecule has 0 atom stereocenters. The van der Waals surface area contributed by atoms with E-state index in [1.165, 1.54) is 0 Å². The van der Waals surface area contributed by atoms with Gasteiger partial charge in [0.25, 0.3) is 0 Å². The number of anilines is 1. The molecule has 15 heavy (non-hydrogen) atoms. The van der Waals surface area contributed by atoms with Crippen molar-refractivity contribution in [2.45, 2.75) is 13.8 Å². The molecule has 0 radical (unpaired) electrons. The fraction of sp³-hybridized carbons (Fsp3) is 0.545. The Balaban J connectivity index is 2.69. The summed E-state index contributed by atoms with van der Waals surface area (Å²) in [5.74, 6) is 0.918. The van der Waals surface area contributed by atoms with Gasteiger partial charge in [0.1, 0.15) is 5.82 Å². The molecular formula is C11H18ClN3. The summed E-state index contributed by atoms with van der Waals surface area (Å²) in [6.45, 7) is 5.81. The Morgan fingerprint density at radius 3 is 2.60 bits per heavy atom. The van der Waals surface area contributed by atoms with Crippen LogP contribution in [0.5, 0.6) is 0 Å². The Hall–Kier alpha value is -0.800. The minimum Gasteiger partial charge on any atom is -0.359 e. The molecule has 0 aliphatic carbocycles. The van der Waals surface area contributed by atoms with E-state index in [2.05, 4.69) is 23.7 Å². The van der Waals surface area contributed by atoms with E-state index >= 15 is 0 Å². The summed E-state index contributed by atoms with van der Waals surface area (Å²) < 4.78 is 0. The molecule has 0 unspecified atom stereocenters. The third kappa shape index (κ3) is 3.68. The second-order valence-corrected chi connectivity index (χ2v) is 5.00. The van der Waals surface area contributed by atoms with Crippen LogP contribution in [0.4, 0.5) is 5.82 Å². The minimum absolute atomic E-state index is 0.0933. The molecular weight excluding hydrogens is 210 g/mol. The summed E-state index contributed by atoms with van der Waals surface area (Å²) in [6, 6.07) is 3.75. The zero-order valence-corrected chi connectivity index (χ0v) is 10.3. The van der Waals surface area contributed by atoms with Gasteiger partial charge in [-0.25, -0.2) is 4.98 Å². The van der Waals surface area contributed by atoms with Crippen LogP contribution in [-0.4, -0.2) is 25.1 Å². The third-order valence-electron chi connectivity index (χ3n) is 2.32. The number of hydrogen-bond donors (Lipinski definition) is 1. The SMILES string of the molecule is CN(CC(C)(C)CN)c1ccc(Cl)cn1. The predicted octanol–water partition coefficient (Wildman–Crippen LogP) is 2.16. The highest BCUT2D eigenvalue weighted by molar-refractivity contribution is 6.30. The molecule has 84 valence electrons. The summed E-state index contributed by atoms with van der Waals surface area (Å²) in [5, 5.41) is 0.658. The molecule has 0 fully saturated rings. The van der Waals surface area contributed by atoms with E-state index in [0.29, 0.717) is 11.6 Å². The lowest BCUT2D eigenvalue weighted by molar-refractivity contribution is 0.384. The van der Waals surface area contributed by atoms with Crippen LogP contribution in [-0.2, 0) is 0 Å². The smallest absolute Gasteiger partial charge is 0.128 e. The van der Waals surface area contributed by atoms with E-state index in [0.717, 1.165) is 12.4 Å². The Morgan fingerprint density at radius 2 is 2.13 bits per heavy atom. The van der Waals surface area contributed by atoms with Gasteiger partial charge < -0.3 is 10.6 Å². The average molecular weight is 228 g/mol. The van der Waals surface area contributed by atoms with Crippen molar-refractivity contribution >= 4 is 17.4 Å². The predicted molar refractivity (Wildman–Crippen MR) is 65.4 cm³/mol. The van der Waals surface area contributed by atoms with Crippen LogP contribution in [0.1, 0.15) is 13.8 Å². The van der Waals surface area contributed by atoms with E-state index < -0.39 is 0 Å². The molecule has 4 heteroatoms. The molecule has 0 saturated heterocycles. The Kier molecular flexibility index (Phi) is 3.94. The van der Waals surface area contributed by atoms with E-state index in [1.54, 1.807) is 6.20 Å². The lowest BCUT2D eigenvalue weighted by Gasteiger charge is -2.29. The Morgan fingerprint density at radius 1 is 1.47 bits per heavy atom. The van der Waals surface area contributed by atoms with Gasteiger partial charge in [-0.3, -0.25) is 0 Å². The molecule has 1 aromatic rings. The van der Waals surface area contributed by atoms with Gasteiger partial charge in [0, 0.05) is 19.8 Å². The highest BCUT2D eigenvalue weighted by atomic mass is 35.5. The number of hydrogen-bond acceptors (Lipinski definition) is 3. The molecule has 0 amide bonds. The van der Waals surface area contributed by atoms with Crippen molar-refractivity contribution in [3.8, 4) is 0 Å². The highest BCUT2D eigenvalue weighted by Gasteiger charge is 2.18. The number of aromatic nitrogens is 1. The van der Waals surface area contributed by atoms with E-state index in [4.69, 9.17) is 17.3 Å². The average Bonchev–Trinajstić information content (AvgIpc) is 2.18. The fourth-order valence-corrected chi connectivity index (χ4v) is 1.49. The Bertz CT molecular complexity index is 308. The molecule has 0 saturated carbocycles. The first kappa shape index (κ1) is 12.3. The molecule has 0 aliphatic rings. The van der Waals surface area contributed by atoms with Crippen LogP contribution in [0, 0.1) is 5.41 Å². The fourth-order valence-electron chi connectivity index (χ4n) is 1.38. The third-order valence-corrected chi connectivity index (χ3v) is 2.54. The molecule has 0 spiro atoms.